The van der Waals surface area contributed by atoms with Crippen LogP contribution in [0, 0.1) is 6.92 Å². The number of nitrogens with one attached hydrogen (secondary N) is 1. The van der Waals surface area contributed by atoms with Crippen LogP contribution >= 0.6 is 11.8 Å². The van der Waals surface area contributed by atoms with E-state index >= 15 is 0 Å². The fourth-order valence-corrected chi connectivity index (χ4v) is 3.72. The Kier molecular flexibility index (Phi) is 4.19. The van der Waals surface area contributed by atoms with Crippen molar-refractivity contribution < 1.29 is 0 Å². The molecule has 4 nitrogen and oxygen atoms in total. The van der Waals surface area contributed by atoms with E-state index in [-0.39, 0.29) is 5.41 Å². The second kappa shape index (κ2) is 6.40. The molecule has 2 aromatic carbocycles. The first-order valence-electron chi connectivity index (χ1n) is 8.75. The number of hydrogen-bond donors (Lipinski definition) is 1. The number of H-pyrrole nitrogens is 1. The minimum atomic E-state index is 0.178. The quantitative estimate of drug-likeness (QED) is 0.496. The lowest BCUT2D eigenvalue weighted by molar-refractivity contribution is 0.590. The van der Waals surface area contributed by atoms with Crippen LogP contribution in [0.1, 0.15) is 37.5 Å². The van der Waals surface area contributed by atoms with Crippen LogP contribution in [0.25, 0.3) is 22.1 Å². The molecule has 0 aliphatic rings. The second-order valence-electron chi connectivity index (χ2n) is 7.70. The monoisotopic (exact) mass is 362 g/mol. The summed E-state index contributed by atoms with van der Waals surface area (Å²) in [4.78, 5) is 7.99. The summed E-state index contributed by atoms with van der Waals surface area (Å²) >= 11 is 1.61. The SMILES string of the molecule is Cc1ccc2[nH]c3nc(SCc4ccc(C(C)(C)C)cc4)nnc3c2c1. The van der Waals surface area contributed by atoms with Gasteiger partial charge in [-0.3, -0.25) is 0 Å². The van der Waals surface area contributed by atoms with E-state index in [0.717, 1.165) is 27.8 Å². The molecule has 4 aromatic rings. The molecular weight excluding hydrogens is 340 g/mol. The first kappa shape index (κ1) is 17.0. The van der Waals surface area contributed by atoms with E-state index in [1.54, 1.807) is 11.8 Å². The normalized spacial score (nSPS) is 12.2. The van der Waals surface area contributed by atoms with E-state index in [0.29, 0.717) is 5.16 Å². The Bertz CT molecular complexity index is 1080. The number of nitrogens with zero attached hydrogens (tertiary/aromatic N) is 3. The van der Waals surface area contributed by atoms with Gasteiger partial charge < -0.3 is 4.98 Å². The van der Waals surface area contributed by atoms with Gasteiger partial charge in [-0.1, -0.05) is 68.4 Å². The van der Waals surface area contributed by atoms with E-state index < -0.39 is 0 Å². The van der Waals surface area contributed by atoms with Crippen molar-refractivity contribution in [3.8, 4) is 0 Å². The highest BCUT2D eigenvalue weighted by Gasteiger charge is 2.13. The molecule has 0 bridgehead atoms. The van der Waals surface area contributed by atoms with E-state index in [4.69, 9.17) is 0 Å². The lowest BCUT2D eigenvalue weighted by Gasteiger charge is -2.19. The topological polar surface area (TPSA) is 54.5 Å². The zero-order valence-corrected chi connectivity index (χ0v) is 16.3. The number of fused-ring (bicyclic) bond motifs is 3. The maximum Gasteiger partial charge on any atom is 0.211 e. The second-order valence-corrected chi connectivity index (χ2v) is 8.64. The maximum atomic E-state index is 4.65. The molecule has 0 saturated heterocycles. The first-order chi connectivity index (χ1) is 12.4. The van der Waals surface area contributed by atoms with Crippen LogP contribution in [0.5, 0.6) is 0 Å². The van der Waals surface area contributed by atoms with Gasteiger partial charge in [-0.05, 0) is 35.6 Å². The van der Waals surface area contributed by atoms with Crippen molar-refractivity contribution in [1.29, 1.82) is 0 Å². The van der Waals surface area contributed by atoms with Gasteiger partial charge >= 0.3 is 0 Å². The molecule has 1 N–H and O–H groups in total. The van der Waals surface area contributed by atoms with Gasteiger partial charge in [0, 0.05) is 16.7 Å². The van der Waals surface area contributed by atoms with E-state index in [1.807, 2.05) is 0 Å². The molecule has 5 heteroatoms. The van der Waals surface area contributed by atoms with E-state index in [9.17, 15) is 0 Å². The van der Waals surface area contributed by atoms with Crippen molar-refractivity contribution >= 4 is 33.8 Å². The van der Waals surface area contributed by atoms with Crippen molar-refractivity contribution in [2.24, 2.45) is 0 Å². The maximum absolute atomic E-state index is 4.65. The zero-order valence-electron chi connectivity index (χ0n) is 15.5. The van der Waals surface area contributed by atoms with Crippen LogP contribution in [-0.4, -0.2) is 20.2 Å². The average molecular weight is 363 g/mol. The third-order valence-electron chi connectivity index (χ3n) is 4.54. The number of aromatic amines is 1. The molecule has 132 valence electrons. The lowest BCUT2D eigenvalue weighted by atomic mass is 9.87. The minimum Gasteiger partial charge on any atom is -0.338 e. The van der Waals surface area contributed by atoms with Crippen LogP contribution in [0.3, 0.4) is 0 Å². The summed E-state index contributed by atoms with van der Waals surface area (Å²) in [5.74, 6) is 0.830. The Labute approximate surface area is 157 Å². The molecule has 0 unspecified atom stereocenters. The smallest absolute Gasteiger partial charge is 0.211 e. The summed E-state index contributed by atoms with van der Waals surface area (Å²) < 4.78 is 0. The predicted octanol–water partition coefficient (Wildman–Crippen LogP) is 5.40. The summed E-state index contributed by atoms with van der Waals surface area (Å²) in [6, 6.07) is 15.1. The Morgan fingerprint density at radius 2 is 1.77 bits per heavy atom. The molecule has 2 heterocycles. The molecule has 0 aliphatic carbocycles. The van der Waals surface area contributed by atoms with Crippen LogP contribution in [0.15, 0.2) is 47.6 Å². The van der Waals surface area contributed by atoms with Crippen molar-refractivity contribution in [3.05, 3.63) is 59.2 Å². The minimum absolute atomic E-state index is 0.178. The number of hydrogen-bond acceptors (Lipinski definition) is 4. The first-order valence-corrected chi connectivity index (χ1v) is 9.74. The van der Waals surface area contributed by atoms with Crippen molar-refractivity contribution in [2.75, 3.05) is 0 Å². The van der Waals surface area contributed by atoms with Crippen LogP contribution in [0.4, 0.5) is 0 Å². The van der Waals surface area contributed by atoms with Gasteiger partial charge in [0.25, 0.3) is 0 Å². The van der Waals surface area contributed by atoms with Crippen molar-refractivity contribution in [1.82, 2.24) is 20.2 Å². The predicted molar refractivity (Wildman–Crippen MR) is 109 cm³/mol. The number of thioether (sulfide) groups is 1. The highest BCUT2D eigenvalue weighted by atomic mass is 32.2. The molecule has 0 amide bonds. The molecule has 4 rings (SSSR count). The average Bonchev–Trinajstić information content (AvgIpc) is 2.96. The van der Waals surface area contributed by atoms with E-state index in [1.165, 1.54) is 16.7 Å². The van der Waals surface area contributed by atoms with Crippen LogP contribution < -0.4 is 0 Å². The number of aryl methyl sites for hydroxylation is 1. The summed E-state index contributed by atoms with van der Waals surface area (Å²) in [5.41, 5.74) is 6.67. The molecule has 0 saturated carbocycles. The Morgan fingerprint density at radius 1 is 1.00 bits per heavy atom. The van der Waals surface area contributed by atoms with Gasteiger partial charge in [0.05, 0.1) is 0 Å². The van der Waals surface area contributed by atoms with Crippen LogP contribution in [0.2, 0.25) is 0 Å². The van der Waals surface area contributed by atoms with Gasteiger partial charge in [-0.2, -0.15) is 0 Å². The third-order valence-corrected chi connectivity index (χ3v) is 5.45. The van der Waals surface area contributed by atoms with Gasteiger partial charge in [-0.15, -0.1) is 10.2 Å². The van der Waals surface area contributed by atoms with Gasteiger partial charge in [0.15, 0.2) is 5.65 Å². The van der Waals surface area contributed by atoms with Crippen molar-refractivity contribution in [3.63, 3.8) is 0 Å². The summed E-state index contributed by atoms with van der Waals surface area (Å²) in [5, 5.41) is 10.5. The standard InChI is InChI=1S/C21H22N4S/c1-13-5-10-17-16(11-13)18-19(22-17)23-20(25-24-18)26-12-14-6-8-15(9-7-14)21(2,3)4/h5-11H,12H2,1-4H3,(H,22,23,25). The van der Waals surface area contributed by atoms with E-state index in [2.05, 4.69) is 90.3 Å². The Hall–Kier alpha value is -2.40. The van der Waals surface area contributed by atoms with Gasteiger partial charge in [-0.25, -0.2) is 4.98 Å². The molecule has 26 heavy (non-hydrogen) atoms. The summed E-state index contributed by atoms with van der Waals surface area (Å²) in [7, 11) is 0. The number of benzene rings is 2. The molecule has 0 atom stereocenters. The van der Waals surface area contributed by atoms with Gasteiger partial charge in [0.2, 0.25) is 5.16 Å². The Morgan fingerprint density at radius 3 is 2.50 bits per heavy atom. The van der Waals surface area contributed by atoms with Crippen molar-refractivity contribution in [2.45, 2.75) is 44.0 Å². The highest BCUT2D eigenvalue weighted by molar-refractivity contribution is 7.98. The largest absolute Gasteiger partial charge is 0.338 e. The molecule has 0 spiro atoms. The summed E-state index contributed by atoms with van der Waals surface area (Å²) in [6.45, 7) is 8.77. The molecule has 0 radical (unpaired) electrons. The van der Waals surface area contributed by atoms with Crippen LogP contribution in [-0.2, 0) is 11.2 Å². The molecule has 0 aliphatic heterocycles. The zero-order chi connectivity index (χ0) is 18.3. The number of rotatable bonds is 3. The molecule has 2 aromatic heterocycles. The lowest BCUT2D eigenvalue weighted by Crippen LogP contribution is -2.10. The molecule has 0 fully saturated rings. The third kappa shape index (κ3) is 3.31. The highest BCUT2D eigenvalue weighted by Crippen LogP contribution is 2.27. The molecular formula is C21H22N4S. The van der Waals surface area contributed by atoms with Gasteiger partial charge in [0.1, 0.15) is 5.52 Å². The Balaban J connectivity index is 1.55. The number of aromatic nitrogens is 4. The fraction of sp³-hybridized carbons (Fsp3) is 0.286. The summed E-state index contributed by atoms with van der Waals surface area (Å²) in [6.07, 6.45) is 0. The fourth-order valence-electron chi connectivity index (χ4n) is 2.98.